The maximum absolute atomic E-state index is 3.40. The lowest BCUT2D eigenvalue weighted by atomic mass is 9.93. The molecule has 0 aromatic carbocycles. The van der Waals surface area contributed by atoms with E-state index in [1.165, 1.54) is 38.0 Å². The Morgan fingerprint density at radius 2 is 2.23 bits per heavy atom. The average molecular weight is 178 g/mol. The zero-order valence-corrected chi connectivity index (χ0v) is 8.29. The van der Waals surface area contributed by atoms with E-state index in [-0.39, 0.29) is 0 Å². The summed E-state index contributed by atoms with van der Waals surface area (Å²) in [5.74, 6) is 0.898. The van der Waals surface area contributed by atoms with E-state index in [1.54, 1.807) is 0 Å². The van der Waals surface area contributed by atoms with Crippen molar-refractivity contribution in [3.05, 3.63) is 24.0 Å². The van der Waals surface area contributed by atoms with Crippen molar-refractivity contribution in [1.82, 2.24) is 9.88 Å². The second-order valence-corrected chi connectivity index (χ2v) is 4.01. The topological polar surface area (TPSA) is 17.0 Å². The monoisotopic (exact) mass is 178 g/mol. The number of aromatic nitrogens is 1. The van der Waals surface area contributed by atoms with Crippen LogP contribution in [0.1, 0.15) is 18.5 Å². The molecule has 13 heavy (non-hydrogen) atoms. The summed E-state index contributed by atoms with van der Waals surface area (Å²) < 4.78 is 2.24. The summed E-state index contributed by atoms with van der Waals surface area (Å²) in [4.78, 5) is 0. The Balaban J connectivity index is 1.93. The molecule has 2 heteroatoms. The standard InChI is InChI=1S/C11H18N2/c1-13-8-2-3-11(13)9-10-4-6-12-7-5-10/h2-3,8,10,12H,4-7,9H2,1H3. The molecule has 0 atom stereocenters. The molecule has 0 saturated carbocycles. The molecule has 2 nitrogen and oxygen atoms in total. The first-order valence-electron chi connectivity index (χ1n) is 5.17. The third-order valence-corrected chi connectivity index (χ3v) is 3.01. The van der Waals surface area contributed by atoms with Crippen molar-refractivity contribution in [3.63, 3.8) is 0 Å². The van der Waals surface area contributed by atoms with Gasteiger partial charge in [-0.1, -0.05) is 0 Å². The van der Waals surface area contributed by atoms with Crippen LogP contribution in [0.3, 0.4) is 0 Å². The van der Waals surface area contributed by atoms with Gasteiger partial charge >= 0.3 is 0 Å². The van der Waals surface area contributed by atoms with Crippen molar-refractivity contribution < 1.29 is 0 Å². The van der Waals surface area contributed by atoms with Gasteiger partial charge in [-0.25, -0.2) is 0 Å². The van der Waals surface area contributed by atoms with Crippen LogP contribution in [0.2, 0.25) is 0 Å². The lowest BCUT2D eigenvalue weighted by Crippen LogP contribution is -2.28. The fourth-order valence-corrected chi connectivity index (χ4v) is 2.09. The second-order valence-electron chi connectivity index (χ2n) is 4.01. The average Bonchev–Trinajstić information content (AvgIpc) is 2.54. The highest BCUT2D eigenvalue weighted by Gasteiger charge is 2.14. The lowest BCUT2D eigenvalue weighted by molar-refractivity contribution is 0.367. The molecule has 0 aliphatic carbocycles. The molecule has 1 N–H and O–H groups in total. The molecular weight excluding hydrogens is 160 g/mol. The third-order valence-electron chi connectivity index (χ3n) is 3.01. The van der Waals surface area contributed by atoms with Crippen LogP contribution in [-0.2, 0) is 13.5 Å². The number of hydrogen-bond acceptors (Lipinski definition) is 1. The Labute approximate surface area is 79.9 Å². The predicted octanol–water partition coefficient (Wildman–Crippen LogP) is 1.57. The minimum absolute atomic E-state index is 0.898. The molecule has 0 radical (unpaired) electrons. The normalized spacial score (nSPS) is 19.2. The molecule has 0 bridgehead atoms. The van der Waals surface area contributed by atoms with Gasteiger partial charge in [-0.15, -0.1) is 0 Å². The summed E-state index contributed by atoms with van der Waals surface area (Å²) in [6, 6.07) is 4.37. The van der Waals surface area contributed by atoms with Crippen LogP contribution in [-0.4, -0.2) is 17.7 Å². The van der Waals surface area contributed by atoms with E-state index in [1.807, 2.05) is 0 Å². The van der Waals surface area contributed by atoms with Crippen LogP contribution in [0.4, 0.5) is 0 Å². The van der Waals surface area contributed by atoms with Gasteiger partial charge in [-0.2, -0.15) is 0 Å². The van der Waals surface area contributed by atoms with Gasteiger partial charge in [0.2, 0.25) is 0 Å². The fourth-order valence-electron chi connectivity index (χ4n) is 2.09. The van der Waals surface area contributed by atoms with Gasteiger partial charge in [0.25, 0.3) is 0 Å². The summed E-state index contributed by atoms with van der Waals surface area (Å²) in [5, 5.41) is 3.40. The summed E-state index contributed by atoms with van der Waals surface area (Å²) in [6.07, 6.45) is 6.07. The van der Waals surface area contributed by atoms with Crippen molar-refractivity contribution in [3.8, 4) is 0 Å². The smallest absolute Gasteiger partial charge is 0.0174 e. The first-order valence-corrected chi connectivity index (χ1v) is 5.17. The number of aryl methyl sites for hydroxylation is 1. The number of piperidine rings is 1. The molecular formula is C11H18N2. The molecule has 1 aromatic rings. The van der Waals surface area contributed by atoms with Gasteiger partial charge in [0.1, 0.15) is 0 Å². The van der Waals surface area contributed by atoms with Crippen molar-refractivity contribution >= 4 is 0 Å². The molecule has 0 amide bonds. The van der Waals surface area contributed by atoms with Gasteiger partial charge in [0.05, 0.1) is 0 Å². The maximum Gasteiger partial charge on any atom is 0.0174 e. The minimum Gasteiger partial charge on any atom is -0.354 e. The predicted molar refractivity (Wildman–Crippen MR) is 54.7 cm³/mol. The molecule has 1 aliphatic rings. The maximum atomic E-state index is 3.40. The minimum atomic E-state index is 0.898. The largest absolute Gasteiger partial charge is 0.354 e. The molecule has 2 rings (SSSR count). The second kappa shape index (κ2) is 3.97. The lowest BCUT2D eigenvalue weighted by Gasteiger charge is -2.22. The van der Waals surface area contributed by atoms with Crippen molar-refractivity contribution in [1.29, 1.82) is 0 Å². The van der Waals surface area contributed by atoms with Crippen LogP contribution in [0, 0.1) is 5.92 Å². The Morgan fingerprint density at radius 1 is 1.46 bits per heavy atom. The highest BCUT2D eigenvalue weighted by molar-refractivity contribution is 5.07. The first-order chi connectivity index (χ1) is 6.36. The van der Waals surface area contributed by atoms with Crippen LogP contribution < -0.4 is 5.32 Å². The third kappa shape index (κ3) is 2.13. The summed E-state index contributed by atoms with van der Waals surface area (Å²) in [6.45, 7) is 2.41. The summed E-state index contributed by atoms with van der Waals surface area (Å²) >= 11 is 0. The van der Waals surface area contributed by atoms with Crippen molar-refractivity contribution in [2.24, 2.45) is 13.0 Å². The number of hydrogen-bond donors (Lipinski definition) is 1. The summed E-state index contributed by atoms with van der Waals surface area (Å²) in [7, 11) is 2.14. The SMILES string of the molecule is Cn1cccc1CC1CCNCC1. The highest BCUT2D eigenvalue weighted by Crippen LogP contribution is 2.17. The van der Waals surface area contributed by atoms with Crippen LogP contribution >= 0.6 is 0 Å². The Bertz CT molecular complexity index is 259. The van der Waals surface area contributed by atoms with E-state index in [2.05, 4.69) is 35.3 Å². The molecule has 1 saturated heterocycles. The zero-order chi connectivity index (χ0) is 9.10. The van der Waals surface area contributed by atoms with E-state index in [0.717, 1.165) is 5.92 Å². The molecule has 1 fully saturated rings. The van der Waals surface area contributed by atoms with Gasteiger partial charge in [0, 0.05) is 18.9 Å². The highest BCUT2D eigenvalue weighted by atomic mass is 14.9. The molecule has 0 unspecified atom stereocenters. The Kier molecular flexibility index (Phi) is 2.69. The Hall–Kier alpha value is -0.760. The zero-order valence-electron chi connectivity index (χ0n) is 8.29. The van der Waals surface area contributed by atoms with Gasteiger partial charge in [-0.05, 0) is 50.4 Å². The quantitative estimate of drug-likeness (QED) is 0.727. The van der Waals surface area contributed by atoms with E-state index < -0.39 is 0 Å². The molecule has 0 spiro atoms. The van der Waals surface area contributed by atoms with Crippen molar-refractivity contribution in [2.45, 2.75) is 19.3 Å². The number of nitrogens with zero attached hydrogens (tertiary/aromatic N) is 1. The first kappa shape index (κ1) is 8.82. The number of nitrogens with one attached hydrogen (secondary N) is 1. The number of rotatable bonds is 2. The molecule has 2 heterocycles. The van der Waals surface area contributed by atoms with E-state index >= 15 is 0 Å². The van der Waals surface area contributed by atoms with Crippen LogP contribution in [0.15, 0.2) is 18.3 Å². The van der Waals surface area contributed by atoms with E-state index in [4.69, 9.17) is 0 Å². The fraction of sp³-hybridized carbons (Fsp3) is 0.636. The van der Waals surface area contributed by atoms with E-state index in [9.17, 15) is 0 Å². The molecule has 1 aromatic heterocycles. The van der Waals surface area contributed by atoms with Crippen LogP contribution in [0.25, 0.3) is 0 Å². The van der Waals surface area contributed by atoms with Gasteiger partial charge < -0.3 is 9.88 Å². The van der Waals surface area contributed by atoms with Crippen molar-refractivity contribution in [2.75, 3.05) is 13.1 Å². The van der Waals surface area contributed by atoms with Gasteiger partial charge in [-0.3, -0.25) is 0 Å². The van der Waals surface area contributed by atoms with E-state index in [0.29, 0.717) is 0 Å². The molecule has 1 aliphatic heterocycles. The molecule has 72 valence electrons. The van der Waals surface area contributed by atoms with Crippen LogP contribution in [0.5, 0.6) is 0 Å². The van der Waals surface area contributed by atoms with Gasteiger partial charge in [0.15, 0.2) is 0 Å². The summed E-state index contributed by atoms with van der Waals surface area (Å²) in [5.41, 5.74) is 1.48. The Morgan fingerprint density at radius 3 is 2.85 bits per heavy atom.